The summed E-state index contributed by atoms with van der Waals surface area (Å²) in [6.07, 6.45) is 2.74. The fraction of sp³-hybridized carbons (Fsp3) is 0.786. The van der Waals surface area contributed by atoms with E-state index in [0.29, 0.717) is 5.92 Å². The number of nitrogens with zero attached hydrogens (tertiary/aromatic N) is 3. The summed E-state index contributed by atoms with van der Waals surface area (Å²) in [5, 5.41) is 4.14. The predicted molar refractivity (Wildman–Crippen MR) is 70.5 cm³/mol. The molecule has 4 nitrogen and oxygen atoms in total. The number of hydrogen-bond donors (Lipinski definition) is 0. The van der Waals surface area contributed by atoms with Gasteiger partial charge in [-0.2, -0.15) is 0 Å². The van der Waals surface area contributed by atoms with Gasteiger partial charge in [0.05, 0.1) is 12.2 Å². The van der Waals surface area contributed by atoms with Crippen molar-refractivity contribution < 1.29 is 4.52 Å². The molecule has 4 heteroatoms. The molecule has 18 heavy (non-hydrogen) atoms. The lowest BCUT2D eigenvalue weighted by Crippen LogP contribution is -2.49. The zero-order valence-electron chi connectivity index (χ0n) is 11.4. The van der Waals surface area contributed by atoms with Gasteiger partial charge in [-0.25, -0.2) is 0 Å². The highest BCUT2D eigenvalue weighted by Crippen LogP contribution is 2.23. The van der Waals surface area contributed by atoms with Gasteiger partial charge in [-0.15, -0.1) is 0 Å². The Kier molecular flexibility index (Phi) is 3.39. The highest BCUT2D eigenvalue weighted by atomic mass is 16.5. The van der Waals surface area contributed by atoms with Gasteiger partial charge < -0.3 is 4.52 Å². The van der Waals surface area contributed by atoms with E-state index in [4.69, 9.17) is 4.52 Å². The molecular weight excluding hydrogens is 226 g/mol. The summed E-state index contributed by atoms with van der Waals surface area (Å²) in [6, 6.07) is 2.90. The van der Waals surface area contributed by atoms with E-state index in [1.54, 1.807) is 0 Å². The highest BCUT2D eigenvalue weighted by molar-refractivity contribution is 5.09. The fourth-order valence-corrected chi connectivity index (χ4v) is 3.10. The van der Waals surface area contributed by atoms with Crippen LogP contribution >= 0.6 is 0 Å². The minimum absolute atomic E-state index is 0.453. The van der Waals surface area contributed by atoms with Crippen LogP contribution in [0.3, 0.4) is 0 Å². The van der Waals surface area contributed by atoms with Gasteiger partial charge in [0, 0.05) is 31.7 Å². The Balaban J connectivity index is 1.59. The van der Waals surface area contributed by atoms with Crippen molar-refractivity contribution in [3.8, 4) is 0 Å². The first-order valence-corrected chi connectivity index (χ1v) is 7.14. The summed E-state index contributed by atoms with van der Waals surface area (Å²) in [6.45, 7) is 10.1. The van der Waals surface area contributed by atoms with Gasteiger partial charge in [0.25, 0.3) is 0 Å². The molecule has 0 saturated carbocycles. The Morgan fingerprint density at radius 3 is 3.06 bits per heavy atom. The van der Waals surface area contributed by atoms with Gasteiger partial charge in [0.2, 0.25) is 0 Å². The van der Waals surface area contributed by atoms with E-state index in [2.05, 4.69) is 34.9 Å². The summed E-state index contributed by atoms with van der Waals surface area (Å²) in [5.41, 5.74) is 1.07. The monoisotopic (exact) mass is 249 g/mol. The van der Waals surface area contributed by atoms with Crippen molar-refractivity contribution >= 4 is 0 Å². The molecule has 0 aliphatic carbocycles. The molecule has 1 aromatic rings. The SMILES string of the molecule is CC(C)c1cc(CN2CCN3CCC[C@H]3C2)on1. The molecule has 100 valence electrons. The van der Waals surface area contributed by atoms with E-state index in [9.17, 15) is 0 Å². The summed E-state index contributed by atoms with van der Waals surface area (Å²) in [7, 11) is 0. The maximum atomic E-state index is 5.43. The number of aromatic nitrogens is 1. The minimum atomic E-state index is 0.453. The fourth-order valence-electron chi connectivity index (χ4n) is 3.10. The van der Waals surface area contributed by atoms with Crippen molar-refractivity contribution in [2.24, 2.45) is 0 Å². The van der Waals surface area contributed by atoms with Crippen molar-refractivity contribution in [1.29, 1.82) is 0 Å². The Bertz CT molecular complexity index is 401. The lowest BCUT2D eigenvalue weighted by molar-refractivity contribution is 0.0922. The highest BCUT2D eigenvalue weighted by Gasteiger charge is 2.30. The molecular formula is C14H23N3O. The molecule has 0 spiro atoms. The Hall–Kier alpha value is -0.870. The van der Waals surface area contributed by atoms with Crippen LogP contribution in [0.1, 0.15) is 44.1 Å². The van der Waals surface area contributed by atoms with Crippen LogP contribution in [-0.2, 0) is 6.54 Å². The third-order valence-electron chi connectivity index (χ3n) is 4.22. The second-order valence-corrected chi connectivity index (χ2v) is 5.94. The van der Waals surface area contributed by atoms with Crippen LogP contribution in [0.15, 0.2) is 10.6 Å². The molecule has 0 amide bonds. The zero-order valence-corrected chi connectivity index (χ0v) is 11.4. The van der Waals surface area contributed by atoms with Gasteiger partial charge in [0.15, 0.2) is 5.76 Å². The van der Waals surface area contributed by atoms with Gasteiger partial charge in [0.1, 0.15) is 0 Å². The van der Waals surface area contributed by atoms with Gasteiger partial charge in [-0.3, -0.25) is 9.80 Å². The first-order chi connectivity index (χ1) is 8.72. The number of rotatable bonds is 3. The molecule has 1 aromatic heterocycles. The third kappa shape index (κ3) is 2.45. The molecule has 0 unspecified atom stereocenters. The van der Waals surface area contributed by atoms with E-state index in [1.807, 2.05) is 0 Å². The summed E-state index contributed by atoms with van der Waals surface area (Å²) in [4.78, 5) is 5.15. The average Bonchev–Trinajstić information content (AvgIpc) is 2.96. The quantitative estimate of drug-likeness (QED) is 0.821. The van der Waals surface area contributed by atoms with Crippen LogP contribution in [-0.4, -0.2) is 47.2 Å². The first-order valence-electron chi connectivity index (χ1n) is 7.14. The van der Waals surface area contributed by atoms with Gasteiger partial charge in [-0.05, 0) is 25.3 Å². The van der Waals surface area contributed by atoms with E-state index >= 15 is 0 Å². The number of piperazine rings is 1. The molecule has 3 rings (SSSR count). The van der Waals surface area contributed by atoms with Crippen molar-refractivity contribution in [1.82, 2.24) is 15.0 Å². The maximum absolute atomic E-state index is 5.43. The van der Waals surface area contributed by atoms with Crippen LogP contribution in [0.4, 0.5) is 0 Å². The van der Waals surface area contributed by atoms with Crippen LogP contribution in [0.5, 0.6) is 0 Å². The van der Waals surface area contributed by atoms with Crippen LogP contribution in [0.25, 0.3) is 0 Å². The Morgan fingerprint density at radius 2 is 2.28 bits per heavy atom. The van der Waals surface area contributed by atoms with Crippen molar-refractivity contribution in [3.05, 3.63) is 17.5 Å². The normalized spacial score (nSPS) is 25.8. The van der Waals surface area contributed by atoms with E-state index in [0.717, 1.165) is 30.6 Å². The number of fused-ring (bicyclic) bond motifs is 1. The minimum Gasteiger partial charge on any atom is -0.360 e. The van der Waals surface area contributed by atoms with Gasteiger partial charge in [-0.1, -0.05) is 19.0 Å². The van der Waals surface area contributed by atoms with Crippen LogP contribution < -0.4 is 0 Å². The molecule has 0 radical (unpaired) electrons. The Morgan fingerprint density at radius 1 is 1.39 bits per heavy atom. The van der Waals surface area contributed by atoms with Crippen molar-refractivity contribution in [2.45, 2.75) is 45.2 Å². The smallest absolute Gasteiger partial charge is 0.150 e. The summed E-state index contributed by atoms with van der Waals surface area (Å²) < 4.78 is 5.43. The van der Waals surface area contributed by atoms with Crippen LogP contribution in [0, 0.1) is 0 Å². The van der Waals surface area contributed by atoms with E-state index < -0.39 is 0 Å². The molecule has 0 bridgehead atoms. The predicted octanol–water partition coefficient (Wildman–Crippen LogP) is 2.08. The van der Waals surface area contributed by atoms with Crippen LogP contribution in [0.2, 0.25) is 0 Å². The zero-order chi connectivity index (χ0) is 12.5. The topological polar surface area (TPSA) is 32.5 Å². The van der Waals surface area contributed by atoms with Crippen molar-refractivity contribution in [2.75, 3.05) is 26.2 Å². The molecule has 2 fully saturated rings. The lowest BCUT2D eigenvalue weighted by atomic mass is 10.1. The first kappa shape index (κ1) is 12.2. The molecule has 3 heterocycles. The number of hydrogen-bond acceptors (Lipinski definition) is 4. The second-order valence-electron chi connectivity index (χ2n) is 5.94. The third-order valence-corrected chi connectivity index (χ3v) is 4.22. The second kappa shape index (κ2) is 5.02. The van der Waals surface area contributed by atoms with Gasteiger partial charge >= 0.3 is 0 Å². The van der Waals surface area contributed by atoms with E-state index in [1.165, 1.54) is 32.5 Å². The molecule has 0 N–H and O–H groups in total. The molecule has 2 aliphatic heterocycles. The molecule has 1 atom stereocenters. The maximum Gasteiger partial charge on any atom is 0.150 e. The molecule has 2 saturated heterocycles. The summed E-state index contributed by atoms with van der Waals surface area (Å²) in [5.74, 6) is 1.47. The lowest BCUT2D eigenvalue weighted by Gasteiger charge is -2.36. The van der Waals surface area contributed by atoms with E-state index in [-0.39, 0.29) is 0 Å². The average molecular weight is 249 g/mol. The van der Waals surface area contributed by atoms with Crippen molar-refractivity contribution in [3.63, 3.8) is 0 Å². The summed E-state index contributed by atoms with van der Waals surface area (Å²) >= 11 is 0. The largest absolute Gasteiger partial charge is 0.360 e. The standard InChI is InChI=1S/C14H23N3O/c1-11(2)14-8-13(18-15-14)10-16-6-7-17-5-3-4-12(17)9-16/h8,11-12H,3-7,9-10H2,1-2H3/t12-/m0/s1. The molecule has 2 aliphatic rings. The molecule has 0 aromatic carbocycles. The Labute approximate surface area is 109 Å².